The van der Waals surface area contributed by atoms with Crippen molar-refractivity contribution in [1.29, 1.82) is 0 Å². The van der Waals surface area contributed by atoms with E-state index in [2.05, 4.69) is 27.1 Å². The number of amides is 1. The molecule has 1 aromatic heterocycles. The van der Waals surface area contributed by atoms with E-state index in [9.17, 15) is 18.0 Å². The van der Waals surface area contributed by atoms with Crippen molar-refractivity contribution in [3.05, 3.63) is 47.3 Å². The molecule has 0 saturated carbocycles. The molecule has 3 rings (SSSR count). The second-order valence-corrected chi connectivity index (χ2v) is 6.61. The van der Waals surface area contributed by atoms with Crippen molar-refractivity contribution in [1.82, 2.24) is 19.8 Å². The van der Waals surface area contributed by atoms with Crippen LogP contribution in [0.1, 0.15) is 28.7 Å². The zero-order valence-electron chi connectivity index (χ0n) is 15.8. The average Bonchev–Trinajstić information content (AvgIpc) is 2.66. The number of piperazine rings is 1. The van der Waals surface area contributed by atoms with E-state index in [1.54, 1.807) is 17.9 Å². The van der Waals surface area contributed by atoms with Gasteiger partial charge in [-0.2, -0.15) is 13.2 Å². The maximum atomic E-state index is 13.2. The van der Waals surface area contributed by atoms with Crippen molar-refractivity contribution in [3.8, 4) is 0 Å². The molecule has 1 fully saturated rings. The summed E-state index contributed by atoms with van der Waals surface area (Å²) in [6.45, 7) is 7.44. The first-order valence-corrected chi connectivity index (χ1v) is 9.08. The van der Waals surface area contributed by atoms with Gasteiger partial charge in [0.15, 0.2) is 0 Å². The molecule has 2 aromatic rings. The van der Waals surface area contributed by atoms with E-state index in [1.165, 1.54) is 18.2 Å². The predicted octanol–water partition coefficient (Wildman–Crippen LogP) is 3.33. The number of alkyl halides is 3. The summed E-state index contributed by atoms with van der Waals surface area (Å²) < 4.78 is 39.6. The molecule has 1 aromatic carbocycles. The summed E-state index contributed by atoms with van der Waals surface area (Å²) in [5.74, 6) is -0.277. The molecule has 1 saturated heterocycles. The quantitative estimate of drug-likeness (QED) is 0.864. The molecule has 1 amide bonds. The Bertz CT molecular complexity index is 848. The van der Waals surface area contributed by atoms with Crippen LogP contribution in [0.25, 0.3) is 0 Å². The van der Waals surface area contributed by atoms with Crippen LogP contribution in [0, 0.1) is 6.92 Å². The fourth-order valence-corrected chi connectivity index (χ4v) is 3.12. The van der Waals surface area contributed by atoms with Crippen LogP contribution < -0.4 is 5.32 Å². The highest BCUT2D eigenvalue weighted by Gasteiger charge is 2.33. The van der Waals surface area contributed by atoms with E-state index in [0.29, 0.717) is 18.8 Å². The van der Waals surface area contributed by atoms with Crippen molar-refractivity contribution in [2.24, 2.45) is 0 Å². The zero-order chi connectivity index (χ0) is 20.3. The molecule has 0 spiro atoms. The van der Waals surface area contributed by atoms with Gasteiger partial charge in [-0.05, 0) is 31.7 Å². The van der Waals surface area contributed by atoms with Crippen LogP contribution in [0.15, 0.2) is 30.3 Å². The molecule has 6 nitrogen and oxygen atoms in total. The summed E-state index contributed by atoms with van der Waals surface area (Å²) in [5.41, 5.74) is -0.304. The van der Waals surface area contributed by atoms with Gasteiger partial charge >= 0.3 is 6.18 Å². The molecule has 28 heavy (non-hydrogen) atoms. The Labute approximate surface area is 161 Å². The highest BCUT2D eigenvalue weighted by atomic mass is 19.4. The SMILES string of the molecule is CCN1CCN(C(=O)c2cc(C)nc(Nc3ccccc3C(F)(F)F)n2)CC1. The predicted molar refractivity (Wildman–Crippen MR) is 99.5 cm³/mol. The fourth-order valence-electron chi connectivity index (χ4n) is 3.12. The first-order valence-electron chi connectivity index (χ1n) is 9.08. The van der Waals surface area contributed by atoms with Crippen LogP contribution in [-0.2, 0) is 6.18 Å². The number of carbonyl (C=O) groups is 1. The van der Waals surface area contributed by atoms with E-state index >= 15 is 0 Å². The number of aromatic nitrogens is 2. The number of aryl methyl sites for hydroxylation is 1. The lowest BCUT2D eigenvalue weighted by Crippen LogP contribution is -2.48. The van der Waals surface area contributed by atoms with Crippen LogP contribution in [0.2, 0.25) is 0 Å². The molecule has 0 unspecified atom stereocenters. The second kappa shape index (κ2) is 8.14. The minimum absolute atomic E-state index is 0.0350. The Balaban J connectivity index is 1.82. The summed E-state index contributed by atoms with van der Waals surface area (Å²) in [6.07, 6.45) is -4.51. The molecule has 0 atom stereocenters. The Morgan fingerprint density at radius 1 is 1.14 bits per heavy atom. The van der Waals surface area contributed by atoms with Gasteiger partial charge in [-0.15, -0.1) is 0 Å². The molecule has 2 heterocycles. The van der Waals surface area contributed by atoms with Crippen LogP contribution >= 0.6 is 0 Å². The molecule has 1 aliphatic rings. The largest absolute Gasteiger partial charge is 0.418 e. The van der Waals surface area contributed by atoms with Gasteiger partial charge in [-0.3, -0.25) is 4.79 Å². The number of nitrogens with one attached hydrogen (secondary N) is 1. The molecule has 0 bridgehead atoms. The number of halogens is 3. The summed E-state index contributed by atoms with van der Waals surface area (Å²) >= 11 is 0. The molecular formula is C19H22F3N5O. The Morgan fingerprint density at radius 3 is 2.46 bits per heavy atom. The van der Waals surface area contributed by atoms with Crippen molar-refractivity contribution in [2.75, 3.05) is 38.0 Å². The Hall–Kier alpha value is -2.68. The lowest BCUT2D eigenvalue weighted by Gasteiger charge is -2.33. The van der Waals surface area contributed by atoms with Gasteiger partial charge in [-0.1, -0.05) is 19.1 Å². The van der Waals surface area contributed by atoms with Crippen molar-refractivity contribution in [2.45, 2.75) is 20.0 Å². The Kier molecular flexibility index (Phi) is 5.83. The third-order valence-electron chi connectivity index (χ3n) is 4.66. The van der Waals surface area contributed by atoms with Gasteiger partial charge < -0.3 is 15.1 Å². The van der Waals surface area contributed by atoms with E-state index < -0.39 is 11.7 Å². The smallest absolute Gasteiger partial charge is 0.335 e. The third kappa shape index (κ3) is 4.59. The number of anilines is 2. The minimum Gasteiger partial charge on any atom is -0.335 e. The highest BCUT2D eigenvalue weighted by Crippen LogP contribution is 2.35. The number of likely N-dealkylation sites (N-methyl/N-ethyl adjacent to an activating group) is 1. The van der Waals surface area contributed by atoms with Crippen LogP contribution in [0.4, 0.5) is 24.8 Å². The van der Waals surface area contributed by atoms with E-state index in [1.807, 2.05) is 0 Å². The molecule has 0 radical (unpaired) electrons. The van der Waals surface area contributed by atoms with Crippen molar-refractivity contribution >= 4 is 17.5 Å². The maximum Gasteiger partial charge on any atom is 0.418 e. The van der Waals surface area contributed by atoms with Crippen molar-refractivity contribution in [3.63, 3.8) is 0 Å². The summed E-state index contributed by atoms with van der Waals surface area (Å²) in [4.78, 5) is 25.1. The number of benzene rings is 1. The second-order valence-electron chi connectivity index (χ2n) is 6.61. The van der Waals surface area contributed by atoms with Gasteiger partial charge in [0.2, 0.25) is 5.95 Å². The van der Waals surface area contributed by atoms with Gasteiger partial charge in [0, 0.05) is 31.9 Å². The fraction of sp³-hybridized carbons (Fsp3) is 0.421. The van der Waals surface area contributed by atoms with E-state index in [-0.39, 0.29) is 23.2 Å². The maximum absolute atomic E-state index is 13.2. The topological polar surface area (TPSA) is 61.4 Å². The minimum atomic E-state index is -4.51. The van der Waals surface area contributed by atoms with E-state index in [4.69, 9.17) is 0 Å². The zero-order valence-corrected chi connectivity index (χ0v) is 15.8. The van der Waals surface area contributed by atoms with Crippen molar-refractivity contribution < 1.29 is 18.0 Å². The van der Waals surface area contributed by atoms with E-state index in [0.717, 1.165) is 25.7 Å². The molecule has 9 heteroatoms. The van der Waals surface area contributed by atoms with Crippen LogP contribution in [0.5, 0.6) is 0 Å². The molecular weight excluding hydrogens is 371 g/mol. The van der Waals surface area contributed by atoms with Gasteiger partial charge in [-0.25, -0.2) is 9.97 Å². The third-order valence-corrected chi connectivity index (χ3v) is 4.66. The summed E-state index contributed by atoms with van der Waals surface area (Å²) in [6, 6.07) is 6.65. The first kappa shape index (κ1) is 20.1. The lowest BCUT2D eigenvalue weighted by molar-refractivity contribution is -0.136. The number of hydrogen-bond acceptors (Lipinski definition) is 5. The Morgan fingerprint density at radius 2 is 1.82 bits per heavy atom. The summed E-state index contributed by atoms with van der Waals surface area (Å²) in [5, 5.41) is 2.61. The summed E-state index contributed by atoms with van der Waals surface area (Å²) in [7, 11) is 0. The first-order chi connectivity index (χ1) is 13.3. The number of para-hydroxylation sites is 1. The number of hydrogen-bond donors (Lipinski definition) is 1. The number of nitrogens with zero attached hydrogens (tertiary/aromatic N) is 4. The molecule has 0 aliphatic carbocycles. The normalized spacial score (nSPS) is 15.5. The van der Waals surface area contributed by atoms with Crippen LogP contribution in [0.3, 0.4) is 0 Å². The van der Waals surface area contributed by atoms with Crippen LogP contribution in [-0.4, -0.2) is 58.4 Å². The molecule has 1 aliphatic heterocycles. The highest BCUT2D eigenvalue weighted by molar-refractivity contribution is 5.92. The standard InChI is InChI=1S/C19H22F3N5O/c1-3-26-8-10-27(11-9-26)17(28)16-12-13(2)23-18(25-16)24-15-7-5-4-6-14(15)19(20,21)22/h4-7,12H,3,8-11H2,1-2H3,(H,23,24,25). The van der Waals surface area contributed by atoms with Gasteiger partial charge in [0.1, 0.15) is 5.69 Å². The van der Waals surface area contributed by atoms with Gasteiger partial charge in [0.05, 0.1) is 11.3 Å². The average molecular weight is 393 g/mol. The number of carbonyl (C=O) groups excluding carboxylic acids is 1. The lowest BCUT2D eigenvalue weighted by atomic mass is 10.1. The number of rotatable bonds is 4. The monoisotopic (exact) mass is 393 g/mol. The molecule has 150 valence electrons. The molecule has 1 N–H and O–H groups in total. The van der Waals surface area contributed by atoms with Gasteiger partial charge in [0.25, 0.3) is 5.91 Å².